The fraction of sp³-hybridized carbons (Fsp3) is 0.696. The van der Waals surface area contributed by atoms with Crippen LogP contribution in [0.4, 0.5) is 5.82 Å². The molecule has 2 aliphatic rings. The average molecular weight is 459 g/mol. The highest BCUT2D eigenvalue weighted by Crippen LogP contribution is 2.31. The van der Waals surface area contributed by atoms with Crippen LogP contribution in [0.15, 0.2) is 18.3 Å². The van der Waals surface area contributed by atoms with Crippen molar-refractivity contribution in [2.75, 3.05) is 44.2 Å². The van der Waals surface area contributed by atoms with Gasteiger partial charge in [0.1, 0.15) is 5.82 Å². The lowest BCUT2D eigenvalue weighted by Gasteiger charge is -2.47. The number of carboxylic acids is 1. The Kier molecular flexibility index (Phi) is 9.13. The Morgan fingerprint density at radius 3 is 2.48 bits per heavy atom. The molecule has 0 unspecified atom stereocenters. The van der Waals surface area contributed by atoms with Gasteiger partial charge in [0.15, 0.2) is 5.82 Å². The fourth-order valence-electron chi connectivity index (χ4n) is 4.58. The first-order valence-electron chi connectivity index (χ1n) is 12.1. The number of nitrogens with zero attached hydrogens (tertiary/aromatic N) is 6. The van der Waals surface area contributed by atoms with Crippen LogP contribution in [0.25, 0.3) is 0 Å². The quantitative estimate of drug-likeness (QED) is 0.516. The van der Waals surface area contributed by atoms with Crippen molar-refractivity contribution in [2.24, 2.45) is 11.8 Å². The number of anilines is 1. The van der Waals surface area contributed by atoms with Crippen LogP contribution in [0, 0.1) is 11.8 Å². The van der Waals surface area contributed by atoms with Crippen molar-refractivity contribution in [3.63, 3.8) is 0 Å². The molecule has 2 fully saturated rings. The molecule has 0 amide bonds. The number of nitrogens with one attached hydrogen (secondary N) is 2. The van der Waals surface area contributed by atoms with Crippen molar-refractivity contribution >= 4 is 11.8 Å². The number of piperazine rings is 1. The van der Waals surface area contributed by atoms with Crippen LogP contribution in [0.1, 0.15) is 51.4 Å². The van der Waals surface area contributed by atoms with E-state index in [0.29, 0.717) is 24.7 Å². The summed E-state index contributed by atoms with van der Waals surface area (Å²) in [4.78, 5) is 21.5. The maximum atomic E-state index is 12.0. The van der Waals surface area contributed by atoms with E-state index in [9.17, 15) is 9.90 Å². The van der Waals surface area contributed by atoms with Crippen LogP contribution in [0.3, 0.4) is 0 Å². The van der Waals surface area contributed by atoms with Crippen LogP contribution in [-0.4, -0.2) is 86.9 Å². The number of carboxylic acid groups (broad SMARTS) is 1. The first kappa shape index (κ1) is 25.0. The van der Waals surface area contributed by atoms with E-state index < -0.39 is 11.9 Å². The zero-order valence-corrected chi connectivity index (χ0v) is 20.2. The Bertz CT molecular complexity index is 831. The largest absolute Gasteiger partial charge is 0.481 e. The minimum atomic E-state index is -0.826. The number of tetrazole rings is 1. The van der Waals surface area contributed by atoms with E-state index in [0.717, 1.165) is 50.6 Å². The van der Waals surface area contributed by atoms with E-state index in [2.05, 4.69) is 40.7 Å². The Morgan fingerprint density at radius 2 is 1.94 bits per heavy atom. The van der Waals surface area contributed by atoms with Crippen molar-refractivity contribution in [2.45, 2.75) is 52.5 Å². The number of aromatic nitrogens is 5. The van der Waals surface area contributed by atoms with Gasteiger partial charge in [-0.05, 0) is 30.4 Å². The summed E-state index contributed by atoms with van der Waals surface area (Å²) in [6.07, 6.45) is 2.93. The first-order chi connectivity index (χ1) is 16.0. The van der Waals surface area contributed by atoms with Gasteiger partial charge in [0.2, 0.25) is 0 Å². The van der Waals surface area contributed by atoms with Gasteiger partial charge in [0, 0.05) is 57.4 Å². The molecule has 0 saturated carbocycles. The molecule has 3 N–H and O–H groups in total. The molecule has 33 heavy (non-hydrogen) atoms. The summed E-state index contributed by atoms with van der Waals surface area (Å²) in [5.41, 5.74) is 0.979. The number of carbonyl (C=O) groups is 1. The van der Waals surface area contributed by atoms with Gasteiger partial charge in [0.05, 0.1) is 5.92 Å². The summed E-state index contributed by atoms with van der Waals surface area (Å²) >= 11 is 0. The zero-order chi connectivity index (χ0) is 23.8. The number of hydrogen-bond donors (Lipinski definition) is 3. The predicted octanol–water partition coefficient (Wildman–Crippen LogP) is 1.79. The van der Waals surface area contributed by atoms with Crippen LogP contribution in [0.5, 0.6) is 0 Å². The standard InChI is InChI=1S/C21H32N8O2.C2H6/c1-14(2)9-18(21(30)31)17(20-24-26-27-25-20)10-15-3-4-19(23-11-15)29-12-16(13-29)28-7-5-22-6-8-28;1-2/h3-4,11,14,16-18,22H,5-10,12-13H2,1-2H3,(H,30,31)(H,24,25,26,27);1-2H3/t17-,18-;/m0./s1. The molecule has 0 spiro atoms. The summed E-state index contributed by atoms with van der Waals surface area (Å²) in [5.74, 6) is -0.0829. The summed E-state index contributed by atoms with van der Waals surface area (Å²) in [6.45, 7) is 14.4. The lowest BCUT2D eigenvalue weighted by Crippen LogP contribution is -2.63. The molecular formula is C23H38N8O2. The third-order valence-electron chi connectivity index (χ3n) is 6.34. The number of rotatable bonds is 9. The number of pyridine rings is 1. The highest BCUT2D eigenvalue weighted by Gasteiger charge is 2.34. The molecule has 10 nitrogen and oxygen atoms in total. The van der Waals surface area contributed by atoms with E-state index in [1.54, 1.807) is 0 Å². The van der Waals surface area contributed by atoms with Gasteiger partial charge < -0.3 is 15.3 Å². The van der Waals surface area contributed by atoms with Gasteiger partial charge in [-0.2, -0.15) is 5.21 Å². The monoisotopic (exact) mass is 458 g/mol. The second-order valence-corrected chi connectivity index (χ2v) is 9.02. The topological polar surface area (TPSA) is 123 Å². The van der Waals surface area contributed by atoms with E-state index in [1.165, 1.54) is 0 Å². The van der Waals surface area contributed by atoms with Crippen molar-refractivity contribution in [1.82, 2.24) is 35.8 Å². The Hall–Kier alpha value is -2.59. The molecule has 0 bridgehead atoms. The zero-order valence-electron chi connectivity index (χ0n) is 20.2. The minimum absolute atomic E-state index is 0.256. The van der Waals surface area contributed by atoms with E-state index in [-0.39, 0.29) is 11.8 Å². The van der Waals surface area contributed by atoms with E-state index in [4.69, 9.17) is 0 Å². The first-order valence-corrected chi connectivity index (χ1v) is 12.1. The average Bonchev–Trinajstić information content (AvgIpc) is 3.33. The molecule has 0 aliphatic carbocycles. The second kappa shape index (κ2) is 12.0. The van der Waals surface area contributed by atoms with E-state index >= 15 is 0 Å². The maximum Gasteiger partial charge on any atom is 0.307 e. The number of aliphatic carboxylic acids is 1. The second-order valence-electron chi connectivity index (χ2n) is 9.02. The third-order valence-corrected chi connectivity index (χ3v) is 6.34. The lowest BCUT2D eigenvalue weighted by molar-refractivity contribution is -0.143. The Morgan fingerprint density at radius 1 is 1.21 bits per heavy atom. The Labute approximate surface area is 196 Å². The van der Waals surface area contributed by atoms with Gasteiger partial charge in [-0.3, -0.25) is 9.69 Å². The van der Waals surface area contributed by atoms with Gasteiger partial charge in [-0.25, -0.2) is 4.98 Å². The molecule has 4 heterocycles. The summed E-state index contributed by atoms with van der Waals surface area (Å²) in [7, 11) is 0. The fourth-order valence-corrected chi connectivity index (χ4v) is 4.58. The lowest BCUT2D eigenvalue weighted by atomic mass is 9.81. The van der Waals surface area contributed by atoms with Crippen molar-refractivity contribution in [1.29, 1.82) is 0 Å². The summed E-state index contributed by atoms with van der Waals surface area (Å²) in [6, 6.07) is 4.69. The summed E-state index contributed by atoms with van der Waals surface area (Å²) < 4.78 is 0. The van der Waals surface area contributed by atoms with Gasteiger partial charge in [0.25, 0.3) is 0 Å². The molecule has 0 aromatic carbocycles. The number of H-pyrrole nitrogens is 1. The predicted molar refractivity (Wildman–Crippen MR) is 127 cm³/mol. The van der Waals surface area contributed by atoms with Crippen molar-refractivity contribution < 1.29 is 9.90 Å². The molecule has 10 heteroatoms. The highest BCUT2D eigenvalue weighted by molar-refractivity contribution is 5.71. The number of aromatic amines is 1. The molecule has 0 radical (unpaired) electrons. The van der Waals surface area contributed by atoms with Crippen LogP contribution >= 0.6 is 0 Å². The van der Waals surface area contributed by atoms with E-state index in [1.807, 2.05) is 46.0 Å². The number of hydrogen-bond acceptors (Lipinski definition) is 8. The molecule has 2 aromatic rings. The molecule has 2 atom stereocenters. The summed E-state index contributed by atoms with van der Waals surface area (Å²) in [5, 5.41) is 27.5. The molecule has 2 aromatic heterocycles. The van der Waals surface area contributed by atoms with Gasteiger partial charge in [-0.1, -0.05) is 39.0 Å². The molecular weight excluding hydrogens is 420 g/mol. The minimum Gasteiger partial charge on any atom is -0.481 e. The van der Waals surface area contributed by atoms with Crippen LogP contribution < -0.4 is 10.2 Å². The molecule has 182 valence electrons. The molecule has 2 aliphatic heterocycles. The SMILES string of the molecule is CC.CC(C)C[C@H](C(=O)O)[C@H](Cc1ccc(N2CC(N3CCNCC3)C2)nc1)c1nn[nH]n1. The van der Waals surface area contributed by atoms with Crippen LogP contribution in [-0.2, 0) is 11.2 Å². The molecule has 4 rings (SSSR count). The van der Waals surface area contributed by atoms with Gasteiger partial charge in [-0.15, -0.1) is 10.2 Å². The Balaban J connectivity index is 0.00000149. The third kappa shape index (κ3) is 6.48. The maximum absolute atomic E-state index is 12.0. The smallest absolute Gasteiger partial charge is 0.307 e. The van der Waals surface area contributed by atoms with Crippen molar-refractivity contribution in [3.8, 4) is 0 Å². The van der Waals surface area contributed by atoms with Crippen LogP contribution in [0.2, 0.25) is 0 Å². The van der Waals surface area contributed by atoms with Gasteiger partial charge >= 0.3 is 5.97 Å². The normalized spacial score (nSPS) is 18.9. The molecule has 2 saturated heterocycles. The highest BCUT2D eigenvalue weighted by atomic mass is 16.4. The van der Waals surface area contributed by atoms with Crippen molar-refractivity contribution in [3.05, 3.63) is 29.7 Å².